The monoisotopic (exact) mass is 297 g/mol. The molecule has 1 heterocycles. The average molecular weight is 297 g/mol. The molecule has 4 heteroatoms. The number of hydrogen-bond acceptors (Lipinski definition) is 4. The van der Waals surface area contributed by atoms with Crippen molar-refractivity contribution < 1.29 is 9.52 Å². The third-order valence-electron chi connectivity index (χ3n) is 3.81. The quantitative estimate of drug-likeness (QED) is 0.727. The molecular weight excluding hydrogens is 278 g/mol. The molecule has 0 aliphatic carbocycles. The van der Waals surface area contributed by atoms with Crippen molar-refractivity contribution in [1.29, 1.82) is 0 Å². The molecule has 0 bridgehead atoms. The first-order valence-electron chi connectivity index (χ1n) is 7.30. The Morgan fingerprint density at radius 1 is 1.09 bits per heavy atom. The summed E-state index contributed by atoms with van der Waals surface area (Å²) in [7, 11) is 0. The number of fused-ring (bicyclic) bond motifs is 2. The molecule has 4 nitrogen and oxygen atoms in total. The van der Waals surface area contributed by atoms with E-state index in [0.29, 0.717) is 28.5 Å². The van der Waals surface area contributed by atoms with Crippen molar-refractivity contribution in [1.82, 2.24) is 5.32 Å². The van der Waals surface area contributed by atoms with Crippen molar-refractivity contribution in [3.63, 3.8) is 0 Å². The Kier molecular flexibility index (Phi) is 3.72. The van der Waals surface area contributed by atoms with Crippen LogP contribution in [0.1, 0.15) is 19.4 Å². The molecule has 3 rings (SSSR count). The van der Waals surface area contributed by atoms with Gasteiger partial charge in [-0.15, -0.1) is 0 Å². The Morgan fingerprint density at radius 3 is 2.59 bits per heavy atom. The number of hydrogen-bond donors (Lipinski definition) is 2. The first-order chi connectivity index (χ1) is 10.5. The van der Waals surface area contributed by atoms with Gasteiger partial charge >= 0.3 is 0 Å². The lowest BCUT2D eigenvalue weighted by molar-refractivity contribution is 0.187. The lowest BCUT2D eigenvalue weighted by Crippen LogP contribution is -2.42. The summed E-state index contributed by atoms with van der Waals surface area (Å²) >= 11 is 0. The van der Waals surface area contributed by atoms with E-state index in [1.165, 1.54) is 0 Å². The zero-order valence-corrected chi connectivity index (χ0v) is 12.7. The first-order valence-corrected chi connectivity index (χ1v) is 7.30. The Hall–Kier alpha value is -2.17. The Labute approximate surface area is 128 Å². The fourth-order valence-corrected chi connectivity index (χ4v) is 2.36. The van der Waals surface area contributed by atoms with Crippen LogP contribution in [0.25, 0.3) is 21.9 Å². The topological polar surface area (TPSA) is 62.5 Å². The zero-order valence-electron chi connectivity index (χ0n) is 12.7. The van der Waals surface area contributed by atoms with Crippen molar-refractivity contribution in [2.24, 2.45) is 0 Å². The first kappa shape index (κ1) is 14.8. The van der Waals surface area contributed by atoms with Gasteiger partial charge in [-0.3, -0.25) is 4.79 Å². The second-order valence-corrected chi connectivity index (χ2v) is 6.15. The summed E-state index contributed by atoms with van der Waals surface area (Å²) in [6, 6.07) is 12.9. The van der Waals surface area contributed by atoms with Gasteiger partial charge in [0.05, 0.1) is 17.4 Å². The van der Waals surface area contributed by atoms with Gasteiger partial charge in [-0.05, 0) is 43.7 Å². The maximum absolute atomic E-state index is 12.6. The highest BCUT2D eigenvalue weighted by Crippen LogP contribution is 2.19. The second kappa shape index (κ2) is 5.55. The molecule has 0 fully saturated rings. The van der Waals surface area contributed by atoms with Gasteiger partial charge in [-0.2, -0.15) is 0 Å². The molecule has 114 valence electrons. The molecule has 0 atom stereocenters. The van der Waals surface area contributed by atoms with Gasteiger partial charge in [0.25, 0.3) is 0 Å². The van der Waals surface area contributed by atoms with E-state index in [-0.39, 0.29) is 17.6 Å². The Bertz CT molecular complexity index is 880. The molecule has 3 aromatic rings. The summed E-state index contributed by atoms with van der Waals surface area (Å²) in [5.41, 5.74) is 1.81. The SMILES string of the molecule is CC(C)(CO)NCc1ccc2oc3ccccc3c(=O)c2c1. The average Bonchev–Trinajstić information content (AvgIpc) is 2.53. The van der Waals surface area contributed by atoms with E-state index in [1.807, 2.05) is 44.2 Å². The van der Waals surface area contributed by atoms with Gasteiger partial charge < -0.3 is 14.8 Å². The van der Waals surface area contributed by atoms with Crippen molar-refractivity contribution in [3.05, 3.63) is 58.3 Å². The number of benzene rings is 2. The van der Waals surface area contributed by atoms with Crippen molar-refractivity contribution in [2.45, 2.75) is 25.9 Å². The summed E-state index contributed by atoms with van der Waals surface area (Å²) in [5, 5.41) is 13.7. The summed E-state index contributed by atoms with van der Waals surface area (Å²) in [5.74, 6) is 0. The normalized spacial score (nSPS) is 12.1. The van der Waals surface area contributed by atoms with Crippen LogP contribution in [-0.4, -0.2) is 17.3 Å². The van der Waals surface area contributed by atoms with Crippen molar-refractivity contribution in [3.8, 4) is 0 Å². The van der Waals surface area contributed by atoms with E-state index in [1.54, 1.807) is 12.1 Å². The largest absolute Gasteiger partial charge is 0.456 e. The molecule has 22 heavy (non-hydrogen) atoms. The highest BCUT2D eigenvalue weighted by molar-refractivity contribution is 5.89. The summed E-state index contributed by atoms with van der Waals surface area (Å²) < 4.78 is 5.79. The van der Waals surface area contributed by atoms with Gasteiger partial charge in [0.2, 0.25) is 5.43 Å². The molecule has 0 unspecified atom stereocenters. The van der Waals surface area contributed by atoms with Gasteiger partial charge in [0, 0.05) is 12.1 Å². The van der Waals surface area contributed by atoms with Crippen LogP contribution in [0.15, 0.2) is 51.7 Å². The molecule has 2 N–H and O–H groups in total. The van der Waals surface area contributed by atoms with Gasteiger partial charge in [-0.1, -0.05) is 18.2 Å². The fourth-order valence-electron chi connectivity index (χ4n) is 2.36. The third-order valence-corrected chi connectivity index (χ3v) is 3.81. The number of rotatable bonds is 4. The van der Waals surface area contributed by atoms with Crippen molar-refractivity contribution >= 4 is 21.9 Å². The lowest BCUT2D eigenvalue weighted by atomic mass is 10.1. The maximum atomic E-state index is 12.6. The Balaban J connectivity index is 2.04. The third kappa shape index (κ3) is 2.75. The van der Waals surface area contributed by atoms with E-state index in [9.17, 15) is 9.90 Å². The minimum Gasteiger partial charge on any atom is -0.456 e. The van der Waals surface area contributed by atoms with E-state index >= 15 is 0 Å². The maximum Gasteiger partial charge on any atom is 0.200 e. The minimum absolute atomic E-state index is 0.0138. The molecule has 0 spiro atoms. The van der Waals surface area contributed by atoms with E-state index < -0.39 is 0 Å². The molecule has 0 saturated heterocycles. The van der Waals surface area contributed by atoms with Gasteiger partial charge in [0.15, 0.2) is 0 Å². The van der Waals surface area contributed by atoms with Crippen molar-refractivity contribution in [2.75, 3.05) is 6.61 Å². The summed E-state index contributed by atoms with van der Waals surface area (Å²) in [6.45, 7) is 4.48. The van der Waals surface area contributed by atoms with Crippen LogP contribution >= 0.6 is 0 Å². The van der Waals surface area contributed by atoms with Crippen LogP contribution in [0.5, 0.6) is 0 Å². The molecule has 0 saturated carbocycles. The minimum atomic E-state index is -0.358. The molecular formula is C18H19NO3. The van der Waals surface area contributed by atoms with E-state index in [4.69, 9.17) is 4.42 Å². The number of para-hydroxylation sites is 1. The number of aliphatic hydroxyl groups is 1. The van der Waals surface area contributed by atoms with Crippen LogP contribution in [0.4, 0.5) is 0 Å². The van der Waals surface area contributed by atoms with Crippen LogP contribution in [0.3, 0.4) is 0 Å². The van der Waals surface area contributed by atoms with Gasteiger partial charge in [0.1, 0.15) is 11.2 Å². The zero-order chi connectivity index (χ0) is 15.7. The number of aliphatic hydroxyl groups excluding tert-OH is 1. The van der Waals surface area contributed by atoms with Crippen LogP contribution in [0.2, 0.25) is 0 Å². The predicted molar refractivity (Wildman–Crippen MR) is 88.0 cm³/mol. The highest BCUT2D eigenvalue weighted by atomic mass is 16.3. The summed E-state index contributed by atoms with van der Waals surface area (Å²) in [6.07, 6.45) is 0. The van der Waals surface area contributed by atoms with Crippen LogP contribution < -0.4 is 10.7 Å². The Morgan fingerprint density at radius 2 is 1.82 bits per heavy atom. The molecule has 0 amide bonds. The molecule has 0 radical (unpaired) electrons. The molecule has 0 aliphatic rings. The van der Waals surface area contributed by atoms with Crippen LogP contribution in [-0.2, 0) is 6.54 Å². The summed E-state index contributed by atoms with van der Waals surface area (Å²) in [4.78, 5) is 12.6. The fraction of sp³-hybridized carbons (Fsp3) is 0.278. The lowest BCUT2D eigenvalue weighted by Gasteiger charge is -2.23. The smallest absolute Gasteiger partial charge is 0.200 e. The molecule has 0 aliphatic heterocycles. The molecule has 1 aromatic heterocycles. The van der Waals surface area contributed by atoms with Gasteiger partial charge in [-0.25, -0.2) is 0 Å². The highest BCUT2D eigenvalue weighted by Gasteiger charge is 2.15. The van der Waals surface area contributed by atoms with E-state index in [0.717, 1.165) is 5.56 Å². The molecule has 2 aromatic carbocycles. The predicted octanol–water partition coefficient (Wildman–Crippen LogP) is 2.81. The number of nitrogens with one attached hydrogen (secondary N) is 1. The van der Waals surface area contributed by atoms with Crippen LogP contribution in [0, 0.1) is 0 Å². The standard InChI is InChI=1S/C18H19NO3/c1-18(2,11-20)19-10-12-7-8-16-14(9-12)17(21)13-5-3-4-6-15(13)22-16/h3-9,19-20H,10-11H2,1-2H3. The van der Waals surface area contributed by atoms with E-state index in [2.05, 4.69) is 5.32 Å². The second-order valence-electron chi connectivity index (χ2n) is 6.15.